The number of ether oxygens (including phenoxy) is 1. The third-order valence-corrected chi connectivity index (χ3v) is 7.14. The highest BCUT2D eigenvalue weighted by atomic mass is 32.2. The minimum absolute atomic E-state index is 0.0539. The summed E-state index contributed by atoms with van der Waals surface area (Å²) in [4.78, 5) is 15.1. The van der Waals surface area contributed by atoms with Gasteiger partial charge in [-0.2, -0.15) is 5.10 Å². The fourth-order valence-electron chi connectivity index (χ4n) is 3.87. The minimum Gasteiger partial charge on any atom is -0.371 e. The number of hydrogen-bond acceptors (Lipinski definition) is 5. The summed E-state index contributed by atoms with van der Waals surface area (Å²) in [7, 11) is -0.669. The summed E-state index contributed by atoms with van der Waals surface area (Å²) >= 11 is 0. The number of nitrogens with one attached hydrogen (secondary N) is 1. The van der Waals surface area contributed by atoms with Crippen LogP contribution in [-0.2, 0) is 21.5 Å². The van der Waals surface area contributed by atoms with Crippen molar-refractivity contribution >= 4 is 15.6 Å². The van der Waals surface area contributed by atoms with Crippen molar-refractivity contribution in [3.8, 4) is 11.3 Å². The Balaban J connectivity index is 1.59. The highest BCUT2D eigenvalue weighted by Gasteiger charge is 2.42. The maximum Gasteiger partial charge on any atom is 0.257 e. The zero-order chi connectivity index (χ0) is 19.1. The van der Waals surface area contributed by atoms with Gasteiger partial charge in [0.15, 0.2) is 0 Å². The van der Waals surface area contributed by atoms with Crippen LogP contribution in [0.1, 0.15) is 23.2 Å². The average molecular weight is 388 g/mol. The molecule has 0 aliphatic carbocycles. The summed E-state index contributed by atoms with van der Waals surface area (Å²) in [6.07, 6.45) is 2.90. The first kappa shape index (κ1) is 18.2. The third-order valence-electron chi connectivity index (χ3n) is 5.42. The van der Waals surface area contributed by atoms with Crippen LogP contribution in [0.4, 0.5) is 0 Å². The minimum atomic E-state index is -2.48. The van der Waals surface area contributed by atoms with Crippen LogP contribution in [0.2, 0.25) is 0 Å². The molecule has 1 spiro atoms. The number of amides is 1. The summed E-state index contributed by atoms with van der Waals surface area (Å²) < 4.78 is 27.5. The lowest BCUT2D eigenvalue weighted by Crippen LogP contribution is -2.56. The summed E-state index contributed by atoms with van der Waals surface area (Å²) in [6, 6.07) is 9.70. The molecule has 8 heteroatoms. The molecule has 2 aliphatic heterocycles. The number of carbonyl (C=O) groups is 1. The van der Waals surface area contributed by atoms with Gasteiger partial charge in [-0.1, -0.05) is 30.3 Å². The molecule has 1 N–H and O–H groups in total. The first-order valence-electron chi connectivity index (χ1n) is 9.14. The van der Waals surface area contributed by atoms with Crippen molar-refractivity contribution in [2.75, 3.05) is 31.2 Å². The van der Waals surface area contributed by atoms with E-state index in [1.165, 1.54) is 0 Å². The Morgan fingerprint density at radius 3 is 2.67 bits per heavy atom. The highest BCUT2D eigenvalue weighted by Crippen LogP contribution is 2.32. The maximum absolute atomic E-state index is 13.3. The van der Waals surface area contributed by atoms with Gasteiger partial charge in [-0.25, -0.2) is 4.21 Å². The molecule has 144 valence electrons. The van der Waals surface area contributed by atoms with Crippen LogP contribution in [0, 0.1) is 4.78 Å². The lowest BCUT2D eigenvalue weighted by atomic mass is 9.94. The second-order valence-electron chi connectivity index (χ2n) is 7.41. The molecule has 0 bridgehead atoms. The first-order chi connectivity index (χ1) is 12.9. The molecule has 0 unspecified atom stereocenters. The normalized spacial score (nSPS) is 28.4. The molecule has 27 heavy (non-hydrogen) atoms. The Labute approximate surface area is 159 Å². The monoisotopic (exact) mass is 388 g/mol. The molecule has 0 atom stereocenters. The van der Waals surface area contributed by atoms with E-state index < -0.39 is 15.3 Å². The Morgan fingerprint density at radius 2 is 1.96 bits per heavy atom. The fraction of sp³-hybridized carbons (Fsp3) is 0.474. The van der Waals surface area contributed by atoms with E-state index in [-0.39, 0.29) is 5.91 Å². The smallest absolute Gasteiger partial charge is 0.257 e. The SMILES string of the molecule is Cn1cc(C(=O)N2CCOC3(CCS(=N)(=O)CC3)C2)c(-c2ccccc2)n1. The fourth-order valence-corrected chi connectivity index (χ4v) is 5.48. The number of nitrogens with zero attached hydrogens (tertiary/aromatic N) is 3. The molecule has 4 rings (SSSR count). The number of aryl methyl sites for hydroxylation is 1. The van der Waals surface area contributed by atoms with Gasteiger partial charge >= 0.3 is 0 Å². The summed E-state index contributed by atoms with van der Waals surface area (Å²) in [5.74, 6) is 0.635. The molecule has 2 saturated heterocycles. The van der Waals surface area contributed by atoms with Crippen LogP contribution in [-0.4, -0.2) is 61.6 Å². The second-order valence-corrected chi connectivity index (χ2v) is 9.85. The molecular weight excluding hydrogens is 364 g/mol. The van der Waals surface area contributed by atoms with E-state index in [9.17, 15) is 9.00 Å². The van der Waals surface area contributed by atoms with E-state index in [1.54, 1.807) is 10.9 Å². The Morgan fingerprint density at radius 1 is 1.26 bits per heavy atom. The average Bonchev–Trinajstić information content (AvgIpc) is 3.07. The molecule has 1 aromatic heterocycles. The topological polar surface area (TPSA) is 88.3 Å². The number of aromatic nitrogens is 2. The number of carbonyl (C=O) groups excluding carboxylic acids is 1. The summed E-state index contributed by atoms with van der Waals surface area (Å²) in [5.41, 5.74) is 1.71. The first-order valence-corrected chi connectivity index (χ1v) is 11.0. The van der Waals surface area contributed by atoms with Crippen molar-refractivity contribution in [1.82, 2.24) is 14.7 Å². The van der Waals surface area contributed by atoms with Gasteiger partial charge in [-0.05, 0) is 12.8 Å². The van der Waals surface area contributed by atoms with Crippen molar-refractivity contribution in [3.05, 3.63) is 42.1 Å². The predicted octanol–water partition coefficient (Wildman–Crippen LogP) is 2.14. The number of hydrogen-bond donors (Lipinski definition) is 1. The van der Waals surface area contributed by atoms with E-state index in [1.807, 2.05) is 42.3 Å². The van der Waals surface area contributed by atoms with E-state index in [0.717, 1.165) is 5.56 Å². The van der Waals surface area contributed by atoms with Crippen molar-refractivity contribution in [2.45, 2.75) is 18.4 Å². The molecule has 2 aliphatic rings. The van der Waals surface area contributed by atoms with Crippen LogP contribution in [0.15, 0.2) is 36.5 Å². The number of rotatable bonds is 2. The van der Waals surface area contributed by atoms with Gasteiger partial charge in [-0.3, -0.25) is 14.3 Å². The van der Waals surface area contributed by atoms with Gasteiger partial charge in [0, 0.05) is 46.6 Å². The third kappa shape index (κ3) is 3.64. The summed E-state index contributed by atoms with van der Waals surface area (Å²) in [6.45, 7) is 1.47. The summed E-state index contributed by atoms with van der Waals surface area (Å²) in [5, 5.41) is 4.49. The second kappa shape index (κ2) is 6.76. The lowest BCUT2D eigenvalue weighted by Gasteiger charge is -2.45. The van der Waals surface area contributed by atoms with Gasteiger partial charge in [0.2, 0.25) is 0 Å². The quantitative estimate of drug-likeness (QED) is 0.854. The van der Waals surface area contributed by atoms with E-state index >= 15 is 0 Å². The molecule has 0 radical (unpaired) electrons. The van der Waals surface area contributed by atoms with Crippen LogP contribution in [0.25, 0.3) is 11.3 Å². The molecule has 1 amide bonds. The zero-order valence-corrected chi connectivity index (χ0v) is 16.2. The largest absolute Gasteiger partial charge is 0.371 e. The number of benzene rings is 1. The highest BCUT2D eigenvalue weighted by molar-refractivity contribution is 7.92. The Bertz CT molecular complexity index is 939. The molecule has 2 aromatic rings. The predicted molar refractivity (Wildman–Crippen MR) is 103 cm³/mol. The van der Waals surface area contributed by atoms with E-state index in [2.05, 4.69) is 5.10 Å². The van der Waals surface area contributed by atoms with E-state index in [4.69, 9.17) is 9.52 Å². The van der Waals surface area contributed by atoms with Gasteiger partial charge in [-0.15, -0.1) is 0 Å². The van der Waals surface area contributed by atoms with Crippen LogP contribution in [0.3, 0.4) is 0 Å². The maximum atomic E-state index is 13.3. The molecule has 0 saturated carbocycles. The Kier molecular flexibility index (Phi) is 4.55. The van der Waals surface area contributed by atoms with Crippen LogP contribution < -0.4 is 0 Å². The molecule has 3 heterocycles. The van der Waals surface area contributed by atoms with Crippen molar-refractivity contribution in [1.29, 1.82) is 4.78 Å². The van der Waals surface area contributed by atoms with Crippen LogP contribution in [0.5, 0.6) is 0 Å². The van der Waals surface area contributed by atoms with Crippen LogP contribution >= 0.6 is 0 Å². The number of morpholine rings is 1. The zero-order valence-electron chi connectivity index (χ0n) is 15.4. The van der Waals surface area contributed by atoms with Crippen molar-refractivity contribution in [2.24, 2.45) is 7.05 Å². The van der Waals surface area contributed by atoms with Gasteiger partial charge < -0.3 is 9.64 Å². The molecule has 2 fully saturated rings. The van der Waals surface area contributed by atoms with Crippen molar-refractivity contribution in [3.63, 3.8) is 0 Å². The van der Waals surface area contributed by atoms with Gasteiger partial charge in [0.25, 0.3) is 5.91 Å². The van der Waals surface area contributed by atoms with Gasteiger partial charge in [0.05, 0.1) is 24.3 Å². The molecule has 7 nitrogen and oxygen atoms in total. The van der Waals surface area contributed by atoms with Gasteiger partial charge in [0.1, 0.15) is 5.69 Å². The molecular formula is C19H24N4O3S. The molecule has 1 aromatic carbocycles. The Hall–Kier alpha value is -2.19. The van der Waals surface area contributed by atoms with Crippen molar-refractivity contribution < 1.29 is 13.7 Å². The van der Waals surface area contributed by atoms with E-state index in [0.29, 0.717) is 55.3 Å². The standard InChI is InChI=1S/C19H24N4O3S/c1-22-13-16(17(21-22)15-5-3-2-4-6-15)18(24)23-9-10-26-19(14-23)7-11-27(20,25)12-8-19/h2-6,13,20H,7-12,14H2,1H3. The lowest BCUT2D eigenvalue weighted by molar-refractivity contribution is -0.104.